The Hall–Kier alpha value is -2.73. The summed E-state index contributed by atoms with van der Waals surface area (Å²) in [5, 5.41) is 3.52. The van der Waals surface area contributed by atoms with Crippen LogP contribution in [0.1, 0.15) is 35.4 Å². The van der Waals surface area contributed by atoms with E-state index in [1.54, 1.807) is 12.1 Å². The first kappa shape index (κ1) is 16.7. The molecule has 2 aromatic heterocycles. The summed E-state index contributed by atoms with van der Waals surface area (Å²) in [6.07, 6.45) is 0. The third kappa shape index (κ3) is 2.97. The van der Waals surface area contributed by atoms with Crippen LogP contribution >= 0.6 is 11.3 Å². The molecule has 1 unspecified atom stereocenters. The van der Waals surface area contributed by atoms with Crippen LogP contribution in [0.5, 0.6) is 0 Å². The average molecular weight is 367 g/mol. The molecule has 0 aliphatic rings. The van der Waals surface area contributed by atoms with Gasteiger partial charge in [0.1, 0.15) is 11.6 Å². The minimum absolute atomic E-state index is 0.144. The van der Waals surface area contributed by atoms with Gasteiger partial charge in [0.2, 0.25) is 0 Å². The number of imidazole rings is 1. The first-order valence-electron chi connectivity index (χ1n) is 8.46. The molecule has 0 aliphatic heterocycles. The van der Waals surface area contributed by atoms with Crippen molar-refractivity contribution in [1.29, 1.82) is 0 Å². The standard InChI is InChI=1S/C20H18FN3OS/c1-11(2)18(19-22-14-7-3-4-8-15(14)23-19)24-20(25)17-10-12-13(21)6-5-9-16(12)26-17/h3-11,18H,1-2H3,(H,22,23)(H,24,25). The maximum Gasteiger partial charge on any atom is 0.261 e. The van der Waals surface area contributed by atoms with Gasteiger partial charge in [-0.1, -0.05) is 32.0 Å². The van der Waals surface area contributed by atoms with Crippen LogP contribution in [0.25, 0.3) is 21.1 Å². The average Bonchev–Trinajstić information content (AvgIpc) is 3.23. The third-order valence-corrected chi connectivity index (χ3v) is 5.49. The van der Waals surface area contributed by atoms with Gasteiger partial charge >= 0.3 is 0 Å². The molecule has 0 saturated heterocycles. The minimum Gasteiger partial charge on any atom is -0.341 e. The first-order chi connectivity index (χ1) is 12.5. The second kappa shape index (κ2) is 6.53. The molecule has 4 rings (SSSR count). The molecule has 0 fully saturated rings. The highest BCUT2D eigenvalue weighted by molar-refractivity contribution is 7.20. The van der Waals surface area contributed by atoms with Gasteiger partial charge in [-0.05, 0) is 36.2 Å². The number of rotatable bonds is 4. The van der Waals surface area contributed by atoms with Crippen LogP contribution in [0.4, 0.5) is 4.39 Å². The lowest BCUT2D eigenvalue weighted by Crippen LogP contribution is -2.32. The van der Waals surface area contributed by atoms with Crippen molar-refractivity contribution < 1.29 is 9.18 Å². The normalized spacial score (nSPS) is 12.8. The topological polar surface area (TPSA) is 57.8 Å². The Morgan fingerprint density at radius 1 is 1.19 bits per heavy atom. The summed E-state index contributed by atoms with van der Waals surface area (Å²) < 4.78 is 14.7. The van der Waals surface area contributed by atoms with Crippen molar-refractivity contribution in [1.82, 2.24) is 15.3 Å². The van der Waals surface area contributed by atoms with Gasteiger partial charge in [-0.25, -0.2) is 9.37 Å². The summed E-state index contributed by atoms with van der Waals surface area (Å²) in [5.41, 5.74) is 1.80. The fraction of sp³-hybridized carbons (Fsp3) is 0.200. The van der Waals surface area contributed by atoms with E-state index in [-0.39, 0.29) is 23.7 Å². The van der Waals surface area contributed by atoms with Crippen molar-refractivity contribution in [3.8, 4) is 0 Å². The van der Waals surface area contributed by atoms with Crippen molar-refractivity contribution in [2.75, 3.05) is 0 Å². The van der Waals surface area contributed by atoms with Gasteiger partial charge in [-0.3, -0.25) is 4.79 Å². The molecule has 4 aromatic rings. The Balaban J connectivity index is 1.65. The van der Waals surface area contributed by atoms with E-state index in [1.807, 2.05) is 44.2 Å². The number of halogens is 1. The third-order valence-electron chi connectivity index (χ3n) is 4.39. The molecule has 2 N–H and O–H groups in total. The fourth-order valence-corrected chi connectivity index (χ4v) is 4.00. The van der Waals surface area contributed by atoms with Gasteiger partial charge in [-0.15, -0.1) is 11.3 Å². The monoisotopic (exact) mass is 367 g/mol. The molecular weight excluding hydrogens is 349 g/mol. The van der Waals surface area contributed by atoms with E-state index in [1.165, 1.54) is 17.4 Å². The largest absolute Gasteiger partial charge is 0.341 e. The van der Waals surface area contributed by atoms with E-state index in [4.69, 9.17) is 0 Å². The number of thiophene rings is 1. The fourth-order valence-electron chi connectivity index (χ4n) is 3.02. The summed E-state index contributed by atoms with van der Waals surface area (Å²) in [6.45, 7) is 4.06. The number of nitrogens with zero attached hydrogens (tertiary/aromatic N) is 1. The number of para-hydroxylation sites is 2. The van der Waals surface area contributed by atoms with Crippen molar-refractivity contribution in [2.24, 2.45) is 5.92 Å². The smallest absolute Gasteiger partial charge is 0.261 e. The molecule has 2 heterocycles. The van der Waals surface area contributed by atoms with Gasteiger partial charge in [-0.2, -0.15) is 0 Å². The van der Waals surface area contributed by atoms with Gasteiger partial charge in [0.15, 0.2) is 0 Å². The van der Waals surface area contributed by atoms with E-state index < -0.39 is 0 Å². The highest BCUT2D eigenvalue weighted by atomic mass is 32.1. The quantitative estimate of drug-likeness (QED) is 0.531. The zero-order chi connectivity index (χ0) is 18.3. The Bertz CT molecular complexity index is 1070. The van der Waals surface area contributed by atoms with Crippen LogP contribution in [0.15, 0.2) is 48.5 Å². The molecule has 1 amide bonds. The summed E-state index contributed by atoms with van der Waals surface area (Å²) in [4.78, 5) is 21.2. The number of hydrogen-bond acceptors (Lipinski definition) is 3. The van der Waals surface area contributed by atoms with Crippen LogP contribution in [-0.4, -0.2) is 15.9 Å². The lowest BCUT2D eigenvalue weighted by Gasteiger charge is -2.19. The Morgan fingerprint density at radius 2 is 2.00 bits per heavy atom. The molecule has 1 atom stereocenters. The zero-order valence-corrected chi connectivity index (χ0v) is 15.2. The zero-order valence-electron chi connectivity index (χ0n) is 14.4. The molecule has 0 radical (unpaired) electrons. The van der Waals surface area contributed by atoms with Crippen molar-refractivity contribution in [3.63, 3.8) is 0 Å². The first-order valence-corrected chi connectivity index (χ1v) is 9.28. The van der Waals surface area contributed by atoms with E-state index in [2.05, 4.69) is 15.3 Å². The highest BCUT2D eigenvalue weighted by Crippen LogP contribution is 2.29. The van der Waals surface area contributed by atoms with Crippen LogP contribution in [0.3, 0.4) is 0 Å². The number of H-pyrrole nitrogens is 1. The number of nitrogens with one attached hydrogen (secondary N) is 2. The lowest BCUT2D eigenvalue weighted by atomic mass is 10.0. The number of aromatic nitrogens is 2. The second-order valence-electron chi connectivity index (χ2n) is 6.60. The Morgan fingerprint density at radius 3 is 2.73 bits per heavy atom. The van der Waals surface area contributed by atoms with Crippen molar-refractivity contribution in [2.45, 2.75) is 19.9 Å². The molecular formula is C20H18FN3OS. The summed E-state index contributed by atoms with van der Waals surface area (Å²) in [7, 11) is 0. The predicted octanol–water partition coefficient (Wildman–Crippen LogP) is 5.04. The minimum atomic E-state index is -0.310. The number of carbonyl (C=O) groups is 1. The number of fused-ring (bicyclic) bond motifs is 2. The summed E-state index contributed by atoms with van der Waals surface area (Å²) >= 11 is 1.29. The maximum absolute atomic E-state index is 13.9. The molecule has 132 valence electrons. The van der Waals surface area contributed by atoms with Gasteiger partial charge < -0.3 is 10.3 Å². The van der Waals surface area contributed by atoms with E-state index in [0.29, 0.717) is 10.3 Å². The van der Waals surface area contributed by atoms with Crippen LogP contribution in [0.2, 0.25) is 0 Å². The lowest BCUT2D eigenvalue weighted by molar-refractivity contribution is 0.0927. The van der Waals surface area contributed by atoms with Crippen LogP contribution in [0, 0.1) is 11.7 Å². The van der Waals surface area contributed by atoms with Gasteiger partial charge in [0.05, 0.1) is 22.0 Å². The van der Waals surface area contributed by atoms with E-state index in [0.717, 1.165) is 21.6 Å². The Kier molecular flexibility index (Phi) is 4.20. The molecule has 2 aromatic carbocycles. The number of carbonyl (C=O) groups excluding carboxylic acids is 1. The molecule has 0 bridgehead atoms. The van der Waals surface area contributed by atoms with Crippen molar-refractivity contribution in [3.05, 3.63) is 65.0 Å². The number of hydrogen-bond donors (Lipinski definition) is 2. The molecule has 6 heteroatoms. The van der Waals surface area contributed by atoms with Crippen molar-refractivity contribution >= 4 is 38.4 Å². The van der Waals surface area contributed by atoms with E-state index >= 15 is 0 Å². The highest BCUT2D eigenvalue weighted by Gasteiger charge is 2.23. The second-order valence-corrected chi connectivity index (χ2v) is 7.68. The van der Waals surface area contributed by atoms with Gasteiger partial charge in [0, 0.05) is 10.1 Å². The maximum atomic E-state index is 13.9. The SMILES string of the molecule is CC(C)C(NC(=O)c1cc2c(F)cccc2s1)c1nc2ccccc2[nH]1. The molecule has 26 heavy (non-hydrogen) atoms. The van der Waals surface area contributed by atoms with Crippen LogP contribution in [-0.2, 0) is 0 Å². The van der Waals surface area contributed by atoms with Gasteiger partial charge in [0.25, 0.3) is 5.91 Å². The Labute approximate surface area is 154 Å². The number of benzene rings is 2. The summed E-state index contributed by atoms with van der Waals surface area (Å²) in [6, 6.07) is 14.0. The van der Waals surface area contributed by atoms with Crippen LogP contribution < -0.4 is 5.32 Å². The molecule has 4 nitrogen and oxygen atoms in total. The molecule has 0 spiro atoms. The predicted molar refractivity (Wildman–Crippen MR) is 103 cm³/mol. The summed E-state index contributed by atoms with van der Waals surface area (Å²) in [5.74, 6) is 0.340. The molecule has 0 saturated carbocycles. The van der Waals surface area contributed by atoms with E-state index in [9.17, 15) is 9.18 Å². The number of aromatic amines is 1. The molecule has 0 aliphatic carbocycles. The number of amides is 1.